The van der Waals surface area contributed by atoms with E-state index in [0.29, 0.717) is 12.0 Å². The summed E-state index contributed by atoms with van der Waals surface area (Å²) in [5, 5.41) is 5.54. The third-order valence-corrected chi connectivity index (χ3v) is 5.46. The maximum atomic E-state index is 13.7. The van der Waals surface area contributed by atoms with E-state index in [1.165, 1.54) is 0 Å². The van der Waals surface area contributed by atoms with Gasteiger partial charge in [0.05, 0.1) is 0 Å². The lowest BCUT2D eigenvalue weighted by molar-refractivity contribution is -0.139. The van der Waals surface area contributed by atoms with Gasteiger partial charge in [0, 0.05) is 12.6 Å². The van der Waals surface area contributed by atoms with Crippen molar-refractivity contribution in [2.45, 2.75) is 65.3 Å². The Morgan fingerprint density at radius 2 is 1.60 bits per heavy atom. The van der Waals surface area contributed by atoms with Gasteiger partial charge in [0.15, 0.2) is 0 Å². The van der Waals surface area contributed by atoms with E-state index in [1.807, 2.05) is 50.2 Å². The van der Waals surface area contributed by atoms with Gasteiger partial charge >= 0.3 is 6.09 Å². The summed E-state index contributed by atoms with van der Waals surface area (Å²) in [4.78, 5) is 40.6. The molecule has 0 aromatic heterocycles. The monoisotopic (exact) mass is 477 g/mol. The molecule has 3 amide bonds. The van der Waals surface area contributed by atoms with Gasteiger partial charge in [0.1, 0.15) is 17.7 Å². The number of alkyl carbamates (subject to hydrolysis) is 1. The molecule has 0 bridgehead atoms. The first kappa shape index (κ1) is 27.5. The lowest BCUT2D eigenvalue weighted by Gasteiger charge is -2.32. The quantitative estimate of drug-likeness (QED) is 0.414. The average Bonchev–Trinajstić information content (AvgIpc) is 2.83. The molecule has 3 unspecified atom stereocenters. The largest absolute Gasteiger partial charge is 0.444 e. The Morgan fingerprint density at radius 1 is 1.03 bits per heavy atom. The molecule has 0 aliphatic carbocycles. The third kappa shape index (κ3) is 8.18. The van der Waals surface area contributed by atoms with Crippen LogP contribution in [0, 0.1) is 18.4 Å². The first-order valence-electron chi connectivity index (χ1n) is 11.7. The summed E-state index contributed by atoms with van der Waals surface area (Å²) < 4.78 is 5.35. The molecular weight excluding hydrogens is 442 g/mol. The van der Waals surface area contributed by atoms with E-state index in [2.05, 4.69) is 16.7 Å². The Hall–Kier alpha value is -3.79. The lowest BCUT2D eigenvalue weighted by Crippen LogP contribution is -2.53. The highest BCUT2D eigenvalue weighted by Gasteiger charge is 2.37. The molecule has 3 atom stereocenters. The Balaban J connectivity index is 2.35. The van der Waals surface area contributed by atoms with Crippen molar-refractivity contribution in [1.82, 2.24) is 15.5 Å². The number of nitrogens with zero attached hydrogens (tertiary/aromatic N) is 1. The summed E-state index contributed by atoms with van der Waals surface area (Å²) in [6, 6.07) is 18.6. The zero-order valence-electron chi connectivity index (χ0n) is 21.1. The number of nitrogens with one attached hydrogen (secondary N) is 2. The first-order chi connectivity index (χ1) is 16.6. The van der Waals surface area contributed by atoms with Gasteiger partial charge in [-0.25, -0.2) is 4.79 Å². The third-order valence-electron chi connectivity index (χ3n) is 5.46. The van der Waals surface area contributed by atoms with Crippen molar-refractivity contribution in [2.24, 2.45) is 5.92 Å². The molecule has 0 heterocycles. The summed E-state index contributed by atoms with van der Waals surface area (Å²) in [7, 11) is 0. The lowest BCUT2D eigenvalue weighted by atomic mass is 9.96. The molecule has 2 aromatic carbocycles. The van der Waals surface area contributed by atoms with Crippen LogP contribution in [0.5, 0.6) is 0 Å². The first-order valence-corrected chi connectivity index (χ1v) is 11.7. The van der Waals surface area contributed by atoms with Crippen molar-refractivity contribution in [1.29, 1.82) is 0 Å². The summed E-state index contributed by atoms with van der Waals surface area (Å²) in [5.41, 5.74) is 0.739. The highest BCUT2D eigenvalue weighted by atomic mass is 16.6. The van der Waals surface area contributed by atoms with Crippen molar-refractivity contribution >= 4 is 17.9 Å². The molecule has 0 aliphatic heterocycles. The standard InChI is InChI=1S/C28H35N3O4/c1-7-20(3)23(30-27(34)35-28(4,5)6)26(33)31(8-2)24(22-17-13-10-14-18-22)25(32)29-19-21-15-11-9-12-16-21/h2,9-18,20,23-24H,7,19H2,1,3-6H3,(H,29,32)(H,30,34). The fourth-order valence-electron chi connectivity index (χ4n) is 3.47. The maximum Gasteiger partial charge on any atom is 0.408 e. The summed E-state index contributed by atoms with van der Waals surface area (Å²) >= 11 is 0. The average molecular weight is 478 g/mol. The highest BCUT2D eigenvalue weighted by molar-refractivity contribution is 5.93. The smallest absolute Gasteiger partial charge is 0.408 e. The van der Waals surface area contributed by atoms with E-state index in [9.17, 15) is 14.4 Å². The Kier molecular flexibility index (Phi) is 9.89. The minimum atomic E-state index is -1.08. The van der Waals surface area contributed by atoms with Crippen LogP contribution in [0.15, 0.2) is 60.7 Å². The van der Waals surface area contributed by atoms with Crippen molar-refractivity contribution in [3.05, 3.63) is 71.8 Å². The number of hydrogen-bond acceptors (Lipinski definition) is 4. The highest BCUT2D eigenvalue weighted by Crippen LogP contribution is 2.24. The predicted molar refractivity (Wildman–Crippen MR) is 136 cm³/mol. The molecule has 7 heteroatoms. The van der Waals surface area contributed by atoms with Gasteiger partial charge in [-0.05, 0) is 37.8 Å². The van der Waals surface area contributed by atoms with Crippen LogP contribution in [-0.4, -0.2) is 34.5 Å². The van der Waals surface area contributed by atoms with Gasteiger partial charge in [0.25, 0.3) is 5.91 Å². The van der Waals surface area contributed by atoms with Gasteiger partial charge in [-0.1, -0.05) is 87.4 Å². The summed E-state index contributed by atoms with van der Waals surface area (Å²) in [6.45, 7) is 9.24. The van der Waals surface area contributed by atoms with Crippen molar-refractivity contribution in [2.75, 3.05) is 0 Å². The van der Waals surface area contributed by atoms with E-state index < -0.39 is 35.6 Å². The second kappa shape index (κ2) is 12.6. The fraction of sp³-hybridized carbons (Fsp3) is 0.393. The summed E-state index contributed by atoms with van der Waals surface area (Å²) in [6.07, 6.45) is 5.67. The number of terminal acetylenes is 1. The minimum Gasteiger partial charge on any atom is -0.444 e. The molecule has 0 fully saturated rings. The van der Waals surface area contributed by atoms with Crippen LogP contribution in [0.4, 0.5) is 4.79 Å². The molecular formula is C28H35N3O4. The van der Waals surface area contributed by atoms with E-state index in [0.717, 1.165) is 10.5 Å². The molecule has 35 heavy (non-hydrogen) atoms. The van der Waals surface area contributed by atoms with Crippen molar-refractivity contribution < 1.29 is 19.1 Å². The molecule has 0 radical (unpaired) electrons. The van der Waals surface area contributed by atoms with Crippen LogP contribution >= 0.6 is 0 Å². The minimum absolute atomic E-state index is 0.255. The number of hydrogen-bond donors (Lipinski definition) is 2. The summed E-state index contributed by atoms with van der Waals surface area (Å²) in [5.74, 6) is -1.24. The Morgan fingerprint density at radius 3 is 2.11 bits per heavy atom. The van der Waals surface area contributed by atoms with Crippen LogP contribution in [0.1, 0.15) is 58.2 Å². The van der Waals surface area contributed by atoms with Crippen LogP contribution in [0.3, 0.4) is 0 Å². The van der Waals surface area contributed by atoms with Gasteiger partial charge in [-0.15, -0.1) is 0 Å². The number of amides is 3. The zero-order valence-corrected chi connectivity index (χ0v) is 21.1. The molecule has 2 aromatic rings. The SMILES string of the molecule is C#CN(C(=O)C(NC(=O)OC(C)(C)C)C(C)CC)C(C(=O)NCc1ccccc1)c1ccccc1. The maximum absolute atomic E-state index is 13.7. The Labute approximate surface area is 208 Å². The molecule has 0 spiro atoms. The van der Waals surface area contributed by atoms with Gasteiger partial charge in [-0.2, -0.15) is 0 Å². The van der Waals surface area contributed by atoms with E-state index >= 15 is 0 Å². The number of rotatable bonds is 9. The normalized spacial score (nSPS) is 13.5. The van der Waals surface area contributed by atoms with Crippen LogP contribution < -0.4 is 10.6 Å². The molecule has 186 valence electrons. The molecule has 2 N–H and O–H groups in total. The molecule has 7 nitrogen and oxygen atoms in total. The van der Waals surface area contributed by atoms with Crippen molar-refractivity contribution in [3.8, 4) is 12.5 Å². The van der Waals surface area contributed by atoms with Gasteiger partial charge < -0.3 is 15.4 Å². The van der Waals surface area contributed by atoms with Crippen LogP contribution in [0.2, 0.25) is 0 Å². The fourth-order valence-corrected chi connectivity index (χ4v) is 3.47. The van der Waals surface area contributed by atoms with Gasteiger partial charge in [0.2, 0.25) is 5.91 Å². The number of carbonyl (C=O) groups excluding carboxylic acids is 3. The molecule has 2 rings (SSSR count). The van der Waals surface area contributed by atoms with E-state index in [1.54, 1.807) is 45.0 Å². The second-order valence-corrected chi connectivity index (χ2v) is 9.36. The topological polar surface area (TPSA) is 87.7 Å². The second-order valence-electron chi connectivity index (χ2n) is 9.36. The van der Waals surface area contributed by atoms with Gasteiger partial charge in [-0.3, -0.25) is 14.5 Å². The number of ether oxygens (including phenoxy) is 1. The zero-order chi connectivity index (χ0) is 26.0. The molecule has 0 saturated carbocycles. The van der Waals surface area contributed by atoms with E-state index in [-0.39, 0.29) is 12.5 Å². The molecule has 0 aliphatic rings. The predicted octanol–water partition coefficient (Wildman–Crippen LogP) is 4.40. The number of benzene rings is 2. The van der Waals surface area contributed by atoms with Crippen molar-refractivity contribution in [3.63, 3.8) is 0 Å². The van der Waals surface area contributed by atoms with Crippen LogP contribution in [0.25, 0.3) is 0 Å². The Bertz CT molecular complexity index is 1030. The van der Waals surface area contributed by atoms with E-state index in [4.69, 9.17) is 11.2 Å². The molecule has 0 saturated heterocycles. The van der Waals surface area contributed by atoms with Crippen LogP contribution in [-0.2, 0) is 20.9 Å². The number of carbonyl (C=O) groups is 3.